The normalized spacial score (nSPS) is 10.0. The zero-order valence-corrected chi connectivity index (χ0v) is 34.8. The molecule has 0 spiro atoms. The summed E-state index contributed by atoms with van der Waals surface area (Å²) in [5, 5.41) is 0. The molecule has 0 amide bonds. The van der Waals surface area contributed by atoms with Crippen molar-refractivity contribution in [2.24, 2.45) is 29.1 Å². The number of hydrogen-bond donors (Lipinski definition) is 0. The van der Waals surface area contributed by atoms with Crippen molar-refractivity contribution in [1.82, 2.24) is 0 Å². The maximum atomic E-state index is 2.35. The molecule has 0 aliphatic rings. The van der Waals surface area contributed by atoms with Crippen LogP contribution in [0.3, 0.4) is 0 Å². The van der Waals surface area contributed by atoms with Gasteiger partial charge in [0.15, 0.2) is 0 Å². The smallest absolute Gasteiger partial charge is 0.0334 e. The van der Waals surface area contributed by atoms with E-state index in [9.17, 15) is 0 Å². The summed E-state index contributed by atoms with van der Waals surface area (Å²) >= 11 is 0. The van der Waals surface area contributed by atoms with Gasteiger partial charge in [-0.15, -0.1) is 0 Å². The van der Waals surface area contributed by atoms with Gasteiger partial charge < -0.3 is 0 Å². The molecule has 0 aromatic rings. The SMILES string of the molecule is CCC.CCC.CCC(C)(CC)CC.CCC(C)C.CCCC(C)C.CCCCC(C)C.CCCCCCCC(C)C. The van der Waals surface area contributed by atoms with Gasteiger partial charge in [0.25, 0.3) is 0 Å². The van der Waals surface area contributed by atoms with Crippen LogP contribution in [0.25, 0.3) is 0 Å². The largest absolute Gasteiger partial charge is 0.0656 e. The van der Waals surface area contributed by atoms with Crippen molar-refractivity contribution in [3.05, 3.63) is 0 Å². The number of hydrogen-bond acceptors (Lipinski definition) is 0. The first-order chi connectivity index (χ1) is 19.6. The first kappa shape index (κ1) is 57.6. The maximum Gasteiger partial charge on any atom is -0.0334 e. The Hall–Kier alpha value is 0. The van der Waals surface area contributed by atoms with Crippen LogP contribution in [0.1, 0.15) is 248 Å². The van der Waals surface area contributed by atoms with E-state index >= 15 is 0 Å². The third-order valence-electron chi connectivity index (χ3n) is 7.26. The van der Waals surface area contributed by atoms with Gasteiger partial charge in [-0.25, -0.2) is 0 Å². The van der Waals surface area contributed by atoms with E-state index in [1.54, 1.807) is 0 Å². The fourth-order valence-electron chi connectivity index (χ4n) is 3.10. The molecule has 0 aromatic carbocycles. The molecular formula is C42H98. The summed E-state index contributed by atoms with van der Waals surface area (Å²) in [6.45, 7) is 44.7. The lowest BCUT2D eigenvalue weighted by molar-refractivity contribution is 0.286. The van der Waals surface area contributed by atoms with Gasteiger partial charge in [0.2, 0.25) is 0 Å². The maximum absolute atomic E-state index is 2.35. The molecule has 0 heteroatoms. The molecule has 0 unspecified atom stereocenters. The quantitative estimate of drug-likeness (QED) is 0.164. The first-order valence-corrected chi connectivity index (χ1v) is 19.6. The predicted octanol–water partition coefficient (Wildman–Crippen LogP) is 17.4. The van der Waals surface area contributed by atoms with Crippen LogP contribution in [0.2, 0.25) is 0 Å². The van der Waals surface area contributed by atoms with Gasteiger partial charge in [0.1, 0.15) is 0 Å². The molecule has 0 saturated heterocycles. The second kappa shape index (κ2) is 53.6. The van der Waals surface area contributed by atoms with Crippen LogP contribution in [0, 0.1) is 29.1 Å². The molecule has 0 N–H and O–H groups in total. The van der Waals surface area contributed by atoms with Gasteiger partial charge in [0, 0.05) is 0 Å². The molecular weight excluding hydrogens is 504 g/mol. The zero-order valence-electron chi connectivity index (χ0n) is 34.8. The molecule has 0 fully saturated rings. The van der Waals surface area contributed by atoms with E-state index in [0.717, 1.165) is 23.7 Å². The van der Waals surface area contributed by atoms with Crippen molar-refractivity contribution in [3.8, 4) is 0 Å². The predicted molar refractivity (Wildman–Crippen MR) is 208 cm³/mol. The Labute approximate surface area is 276 Å². The van der Waals surface area contributed by atoms with Crippen LogP contribution >= 0.6 is 0 Å². The molecule has 0 radical (unpaired) electrons. The molecule has 0 heterocycles. The van der Waals surface area contributed by atoms with Crippen molar-refractivity contribution >= 4 is 0 Å². The minimum absolute atomic E-state index is 0.625. The van der Waals surface area contributed by atoms with E-state index in [1.807, 2.05) is 0 Å². The van der Waals surface area contributed by atoms with E-state index in [0.29, 0.717) is 5.41 Å². The molecule has 0 nitrogen and oxygen atoms in total. The van der Waals surface area contributed by atoms with E-state index in [4.69, 9.17) is 0 Å². The lowest BCUT2D eigenvalue weighted by Gasteiger charge is -2.23. The second-order valence-corrected chi connectivity index (χ2v) is 14.4. The molecule has 0 aromatic heterocycles. The van der Waals surface area contributed by atoms with Crippen LogP contribution in [-0.2, 0) is 0 Å². The highest BCUT2D eigenvalue weighted by atomic mass is 14.2. The Balaban J connectivity index is -0.0000000706. The highest BCUT2D eigenvalue weighted by Gasteiger charge is 2.15. The van der Waals surface area contributed by atoms with Gasteiger partial charge in [0.05, 0.1) is 0 Å². The topological polar surface area (TPSA) is 0 Å². The molecule has 0 aliphatic heterocycles. The summed E-state index contributed by atoms with van der Waals surface area (Å²) in [7, 11) is 0. The molecule has 0 saturated carbocycles. The van der Waals surface area contributed by atoms with E-state index in [1.165, 1.54) is 109 Å². The van der Waals surface area contributed by atoms with Crippen molar-refractivity contribution in [1.29, 1.82) is 0 Å². The minimum Gasteiger partial charge on any atom is -0.0656 e. The summed E-state index contributed by atoms with van der Waals surface area (Å²) in [5.74, 6) is 3.59. The molecule has 42 heavy (non-hydrogen) atoms. The lowest BCUT2D eigenvalue weighted by atomic mass is 9.82. The summed E-state index contributed by atoms with van der Waals surface area (Å²) in [5.41, 5.74) is 0.625. The summed E-state index contributed by atoms with van der Waals surface area (Å²) in [6, 6.07) is 0. The van der Waals surface area contributed by atoms with Gasteiger partial charge >= 0.3 is 0 Å². The highest BCUT2D eigenvalue weighted by molar-refractivity contribution is 4.67. The average molecular weight is 603 g/mol. The van der Waals surface area contributed by atoms with Crippen LogP contribution in [0.15, 0.2) is 0 Å². The highest BCUT2D eigenvalue weighted by Crippen LogP contribution is 2.28. The molecule has 0 bridgehead atoms. The van der Waals surface area contributed by atoms with Crippen molar-refractivity contribution < 1.29 is 0 Å². The molecule has 266 valence electrons. The van der Waals surface area contributed by atoms with Crippen LogP contribution in [0.5, 0.6) is 0 Å². The Morgan fingerprint density at radius 3 is 0.786 bits per heavy atom. The van der Waals surface area contributed by atoms with Crippen molar-refractivity contribution in [2.45, 2.75) is 248 Å². The standard InChI is InChI=1S/C10H22.C8H18.C7H16.C6H14.C5H12.2C3H8/c1-4-5-6-7-8-9-10(2)3;1-5-8(4,6-2)7-3;1-4-5-6-7(2)3;1-4-5-6(2)3;1-4-5(2)3;2*1-3-2/h10H,4-9H2,1-3H3;5-7H2,1-4H3;7H,4-6H2,1-3H3;6H,4-5H2,1-3H3;5H,4H2,1-3H3;2*3H2,1-2H3. The Morgan fingerprint density at radius 1 is 0.357 bits per heavy atom. The fraction of sp³-hybridized carbons (Fsp3) is 1.00. The van der Waals surface area contributed by atoms with E-state index < -0.39 is 0 Å². The molecule has 0 rings (SSSR count). The van der Waals surface area contributed by atoms with Crippen LogP contribution < -0.4 is 0 Å². The van der Waals surface area contributed by atoms with Gasteiger partial charge in [-0.1, -0.05) is 248 Å². The van der Waals surface area contributed by atoms with Gasteiger partial charge in [-0.05, 0) is 29.1 Å². The van der Waals surface area contributed by atoms with E-state index in [2.05, 4.69) is 138 Å². The van der Waals surface area contributed by atoms with Crippen LogP contribution in [0.4, 0.5) is 0 Å². The average Bonchev–Trinajstić information content (AvgIpc) is 2.93. The fourth-order valence-corrected chi connectivity index (χ4v) is 3.10. The zero-order chi connectivity index (χ0) is 34.8. The Morgan fingerprint density at radius 2 is 0.643 bits per heavy atom. The summed E-state index contributed by atoms with van der Waals surface area (Å²) in [4.78, 5) is 0. The Bertz CT molecular complexity index is 335. The van der Waals surface area contributed by atoms with E-state index in [-0.39, 0.29) is 0 Å². The van der Waals surface area contributed by atoms with Crippen molar-refractivity contribution in [3.63, 3.8) is 0 Å². The molecule has 0 atom stereocenters. The third-order valence-corrected chi connectivity index (χ3v) is 7.26. The summed E-state index contributed by atoms with van der Waals surface area (Å²) in [6.07, 6.45) is 23.2. The molecule has 0 aliphatic carbocycles. The third kappa shape index (κ3) is 97.3. The van der Waals surface area contributed by atoms with Crippen molar-refractivity contribution in [2.75, 3.05) is 0 Å². The van der Waals surface area contributed by atoms with Gasteiger partial charge in [-0.2, -0.15) is 0 Å². The first-order valence-electron chi connectivity index (χ1n) is 19.6. The summed E-state index contributed by atoms with van der Waals surface area (Å²) < 4.78 is 0. The van der Waals surface area contributed by atoms with Crippen LogP contribution in [-0.4, -0.2) is 0 Å². The minimum atomic E-state index is 0.625. The number of unbranched alkanes of at least 4 members (excludes halogenated alkanes) is 5. The number of rotatable bonds is 15. The monoisotopic (exact) mass is 603 g/mol. The second-order valence-electron chi connectivity index (χ2n) is 14.4. The van der Waals surface area contributed by atoms with Gasteiger partial charge in [-0.3, -0.25) is 0 Å². The lowest BCUT2D eigenvalue weighted by Crippen LogP contribution is -2.10. The Kier molecular flexibility index (Phi) is 73.5.